The van der Waals surface area contributed by atoms with Crippen LogP contribution in [0.25, 0.3) is 0 Å². The number of imide groups is 1. The molecule has 3 N–H and O–H groups in total. The number of urea groups is 1. The minimum absolute atomic E-state index is 0.119. The van der Waals surface area contributed by atoms with E-state index in [-0.39, 0.29) is 11.6 Å². The van der Waals surface area contributed by atoms with E-state index in [1.54, 1.807) is 20.8 Å². The minimum atomic E-state index is -0.725. The van der Waals surface area contributed by atoms with Gasteiger partial charge in [0.05, 0.1) is 5.56 Å². The zero-order valence-corrected chi connectivity index (χ0v) is 15.5. The Balaban J connectivity index is 1.76. The summed E-state index contributed by atoms with van der Waals surface area (Å²) in [4.78, 5) is 46.6. The molecule has 0 atom stereocenters. The number of esters is 1. The van der Waals surface area contributed by atoms with Crippen molar-refractivity contribution >= 4 is 29.7 Å². The van der Waals surface area contributed by atoms with E-state index in [0.717, 1.165) is 12.8 Å². The molecule has 1 aliphatic rings. The van der Waals surface area contributed by atoms with Crippen LogP contribution >= 0.6 is 0 Å². The van der Waals surface area contributed by atoms with E-state index in [1.165, 1.54) is 24.3 Å². The van der Waals surface area contributed by atoms with Crippen LogP contribution in [-0.2, 0) is 14.3 Å². The highest BCUT2D eigenvalue weighted by Gasteiger charge is 2.24. The molecule has 0 spiro atoms. The lowest BCUT2D eigenvalue weighted by Gasteiger charge is -2.19. The Morgan fingerprint density at radius 2 is 1.70 bits per heavy atom. The van der Waals surface area contributed by atoms with Gasteiger partial charge in [-0.15, -0.1) is 0 Å². The van der Waals surface area contributed by atoms with Crippen molar-refractivity contribution in [1.29, 1.82) is 0 Å². The Kier molecular flexibility index (Phi) is 6.38. The highest BCUT2D eigenvalue weighted by atomic mass is 16.6. The fraction of sp³-hybridized carbons (Fsp3) is 0.444. The predicted octanol–water partition coefficient (Wildman–Crippen LogP) is 2.18. The lowest BCUT2D eigenvalue weighted by atomic mass is 10.2. The fourth-order valence-electron chi connectivity index (χ4n) is 1.94. The van der Waals surface area contributed by atoms with Crippen LogP contribution in [0.15, 0.2) is 24.3 Å². The monoisotopic (exact) mass is 377 g/mol. The first-order valence-corrected chi connectivity index (χ1v) is 8.50. The largest absolute Gasteiger partial charge is 0.452 e. The normalized spacial score (nSPS) is 13.3. The third-order valence-corrected chi connectivity index (χ3v) is 3.27. The Morgan fingerprint density at radius 1 is 1.07 bits per heavy atom. The Hall–Kier alpha value is -3.10. The first-order chi connectivity index (χ1) is 12.6. The average molecular weight is 377 g/mol. The van der Waals surface area contributed by atoms with Crippen LogP contribution in [0.5, 0.6) is 0 Å². The van der Waals surface area contributed by atoms with Crippen molar-refractivity contribution in [3.63, 3.8) is 0 Å². The number of carbonyl (C=O) groups excluding carboxylic acids is 4. The molecule has 1 aromatic carbocycles. The number of nitrogens with one attached hydrogen (secondary N) is 3. The van der Waals surface area contributed by atoms with Gasteiger partial charge in [0.2, 0.25) is 0 Å². The van der Waals surface area contributed by atoms with Crippen molar-refractivity contribution in [2.75, 3.05) is 11.9 Å². The third-order valence-electron chi connectivity index (χ3n) is 3.27. The Morgan fingerprint density at radius 3 is 2.26 bits per heavy atom. The zero-order valence-electron chi connectivity index (χ0n) is 15.5. The molecule has 0 unspecified atom stereocenters. The highest BCUT2D eigenvalue weighted by molar-refractivity contribution is 5.97. The first kappa shape index (κ1) is 20.2. The van der Waals surface area contributed by atoms with Crippen molar-refractivity contribution in [2.45, 2.75) is 45.3 Å². The molecule has 1 aromatic rings. The van der Waals surface area contributed by atoms with E-state index in [0.29, 0.717) is 5.69 Å². The van der Waals surface area contributed by atoms with Gasteiger partial charge in [-0.2, -0.15) is 0 Å². The molecule has 1 saturated carbocycles. The molecular weight excluding hydrogens is 354 g/mol. The summed E-state index contributed by atoms with van der Waals surface area (Å²) in [5.41, 5.74) is 0.0134. The summed E-state index contributed by atoms with van der Waals surface area (Å²) in [5, 5.41) is 7.20. The third kappa shape index (κ3) is 7.76. The summed E-state index contributed by atoms with van der Waals surface area (Å²) in [5.74, 6) is -1.44. The van der Waals surface area contributed by atoms with E-state index in [9.17, 15) is 19.2 Å². The van der Waals surface area contributed by atoms with Crippen molar-refractivity contribution in [2.24, 2.45) is 0 Å². The van der Waals surface area contributed by atoms with Gasteiger partial charge < -0.3 is 14.8 Å². The van der Waals surface area contributed by atoms with Gasteiger partial charge in [-0.1, -0.05) is 0 Å². The predicted molar refractivity (Wildman–Crippen MR) is 96.3 cm³/mol. The number of anilines is 1. The molecule has 1 aliphatic carbocycles. The molecule has 9 nitrogen and oxygen atoms in total. The molecule has 0 heterocycles. The highest BCUT2D eigenvalue weighted by Crippen LogP contribution is 2.18. The quantitative estimate of drug-likeness (QED) is 0.676. The maximum atomic E-state index is 11.9. The second-order valence-electron chi connectivity index (χ2n) is 7.08. The van der Waals surface area contributed by atoms with Crippen LogP contribution in [0.2, 0.25) is 0 Å². The first-order valence-electron chi connectivity index (χ1n) is 8.50. The number of ether oxygens (including phenoxy) is 2. The second-order valence-corrected chi connectivity index (χ2v) is 7.08. The molecule has 0 radical (unpaired) electrons. The van der Waals surface area contributed by atoms with Gasteiger partial charge in [0.15, 0.2) is 6.61 Å². The smallest absolute Gasteiger partial charge is 0.412 e. The van der Waals surface area contributed by atoms with Crippen molar-refractivity contribution < 1.29 is 28.7 Å². The number of carbonyl (C=O) groups is 4. The van der Waals surface area contributed by atoms with Gasteiger partial charge >= 0.3 is 18.1 Å². The molecular formula is C18H23N3O6. The lowest BCUT2D eigenvalue weighted by Crippen LogP contribution is -2.42. The zero-order chi connectivity index (χ0) is 20.0. The molecule has 146 valence electrons. The van der Waals surface area contributed by atoms with Crippen LogP contribution in [-0.4, -0.2) is 42.3 Å². The topological polar surface area (TPSA) is 123 Å². The fourth-order valence-corrected chi connectivity index (χ4v) is 1.94. The molecule has 0 aromatic heterocycles. The summed E-state index contributed by atoms with van der Waals surface area (Å²) in [6.45, 7) is 4.67. The number of rotatable bonds is 5. The van der Waals surface area contributed by atoms with E-state index < -0.39 is 36.2 Å². The molecule has 9 heteroatoms. The number of hydrogen-bond donors (Lipinski definition) is 3. The van der Waals surface area contributed by atoms with Crippen molar-refractivity contribution in [3.8, 4) is 0 Å². The molecule has 0 bridgehead atoms. The van der Waals surface area contributed by atoms with Crippen LogP contribution in [0.3, 0.4) is 0 Å². The summed E-state index contributed by atoms with van der Waals surface area (Å²) < 4.78 is 9.98. The van der Waals surface area contributed by atoms with Gasteiger partial charge in [0.1, 0.15) is 5.60 Å². The van der Waals surface area contributed by atoms with E-state index >= 15 is 0 Å². The van der Waals surface area contributed by atoms with Crippen LogP contribution < -0.4 is 16.0 Å². The van der Waals surface area contributed by atoms with Gasteiger partial charge in [-0.05, 0) is 57.9 Å². The van der Waals surface area contributed by atoms with E-state index in [1.807, 2.05) is 0 Å². The van der Waals surface area contributed by atoms with Crippen LogP contribution in [0.4, 0.5) is 15.3 Å². The minimum Gasteiger partial charge on any atom is -0.452 e. The maximum absolute atomic E-state index is 11.9. The van der Waals surface area contributed by atoms with Gasteiger partial charge in [-0.3, -0.25) is 15.4 Å². The summed E-state index contributed by atoms with van der Waals surface area (Å²) in [7, 11) is 0. The standard InChI is InChI=1S/C18H23N3O6/c1-18(2,3)27-17(25)20-13-6-4-11(5-7-13)15(23)26-10-14(22)21-16(24)19-12-8-9-12/h4-7,12H,8-10H2,1-3H3,(H,20,25)(H2,19,21,22,24). The summed E-state index contributed by atoms with van der Waals surface area (Å²) in [6, 6.07) is 5.40. The number of benzene rings is 1. The van der Waals surface area contributed by atoms with Crippen molar-refractivity contribution in [3.05, 3.63) is 29.8 Å². The molecule has 2 rings (SSSR count). The number of amides is 4. The molecule has 1 fully saturated rings. The number of hydrogen-bond acceptors (Lipinski definition) is 6. The van der Waals surface area contributed by atoms with Gasteiger partial charge in [-0.25, -0.2) is 14.4 Å². The second kappa shape index (κ2) is 8.52. The van der Waals surface area contributed by atoms with Crippen LogP contribution in [0.1, 0.15) is 44.0 Å². The average Bonchev–Trinajstić information content (AvgIpc) is 3.35. The Labute approximate surface area is 156 Å². The van der Waals surface area contributed by atoms with E-state index in [4.69, 9.17) is 9.47 Å². The maximum Gasteiger partial charge on any atom is 0.412 e. The van der Waals surface area contributed by atoms with Crippen molar-refractivity contribution in [1.82, 2.24) is 10.6 Å². The molecule has 0 aliphatic heterocycles. The van der Waals surface area contributed by atoms with Gasteiger partial charge in [0, 0.05) is 11.7 Å². The summed E-state index contributed by atoms with van der Waals surface area (Å²) in [6.07, 6.45) is 1.18. The van der Waals surface area contributed by atoms with Gasteiger partial charge in [0.25, 0.3) is 5.91 Å². The summed E-state index contributed by atoms with van der Waals surface area (Å²) >= 11 is 0. The van der Waals surface area contributed by atoms with E-state index in [2.05, 4.69) is 16.0 Å². The van der Waals surface area contributed by atoms with Crippen LogP contribution in [0, 0.1) is 0 Å². The molecule has 4 amide bonds. The lowest BCUT2D eigenvalue weighted by molar-refractivity contribution is -0.123. The SMILES string of the molecule is CC(C)(C)OC(=O)Nc1ccc(C(=O)OCC(=O)NC(=O)NC2CC2)cc1. The molecule has 27 heavy (non-hydrogen) atoms. The Bertz CT molecular complexity index is 720. The molecule has 0 saturated heterocycles.